The van der Waals surface area contributed by atoms with Crippen molar-refractivity contribution in [3.63, 3.8) is 0 Å². The topological polar surface area (TPSA) is 79.3 Å². The number of carbonyl (C=O) groups is 3. The lowest BCUT2D eigenvalue weighted by Crippen LogP contribution is -2.44. The van der Waals surface area contributed by atoms with E-state index in [1.54, 1.807) is 66.9 Å². The van der Waals surface area contributed by atoms with Gasteiger partial charge in [-0.3, -0.25) is 19.4 Å². The molecule has 3 aromatic rings. The Hall–Kier alpha value is -4.26. The third-order valence-electron chi connectivity index (χ3n) is 6.95. The standard InChI is InChI=1S/C27H21N3O4/c1-34-19-13-11-16(12-14-19)25(31)24-22-21(23-20-10-6-5-7-17(20)15-28-30(23)24)26(32)29(27(22)33)18-8-3-2-4-9-18/h2-15,21-24H,1H3/t21-,22+,23+,24-/m1/s1. The summed E-state index contributed by atoms with van der Waals surface area (Å²) in [6, 6.07) is 22.0. The minimum absolute atomic E-state index is 0.243. The van der Waals surface area contributed by atoms with Crippen LogP contribution in [0.2, 0.25) is 0 Å². The molecule has 0 aromatic heterocycles. The molecule has 0 bridgehead atoms. The highest BCUT2D eigenvalue weighted by molar-refractivity contribution is 6.24. The van der Waals surface area contributed by atoms with Crippen molar-refractivity contribution in [2.24, 2.45) is 16.9 Å². The Labute approximate surface area is 196 Å². The fourth-order valence-electron chi connectivity index (χ4n) is 5.43. The highest BCUT2D eigenvalue weighted by Crippen LogP contribution is 2.53. The molecule has 7 nitrogen and oxygen atoms in total. The summed E-state index contributed by atoms with van der Waals surface area (Å²) in [5, 5.41) is 6.25. The van der Waals surface area contributed by atoms with Crippen LogP contribution in [0.1, 0.15) is 27.5 Å². The molecule has 7 heteroatoms. The van der Waals surface area contributed by atoms with Crippen molar-refractivity contribution in [1.29, 1.82) is 0 Å². The van der Waals surface area contributed by atoms with Gasteiger partial charge in [-0.2, -0.15) is 5.10 Å². The molecule has 34 heavy (non-hydrogen) atoms. The van der Waals surface area contributed by atoms with Crippen LogP contribution in [0.25, 0.3) is 0 Å². The average molecular weight is 451 g/mol. The van der Waals surface area contributed by atoms with E-state index in [1.807, 2.05) is 30.3 Å². The number of Topliss-reactive ketones (excluding diaryl/α,β-unsaturated/α-hetero) is 1. The molecule has 0 N–H and O–H groups in total. The van der Waals surface area contributed by atoms with Crippen LogP contribution < -0.4 is 9.64 Å². The SMILES string of the molecule is COc1ccc(C(=O)[C@H]2[C@H]3C(=O)N(c4ccccc4)C(=O)[C@H]3[C@@H]3c4ccccc4C=NN23)cc1. The van der Waals surface area contributed by atoms with Crippen LogP contribution in [0.15, 0.2) is 84.0 Å². The molecule has 0 radical (unpaired) electrons. The van der Waals surface area contributed by atoms with Gasteiger partial charge in [0.05, 0.1) is 36.9 Å². The largest absolute Gasteiger partial charge is 0.497 e. The van der Waals surface area contributed by atoms with E-state index in [1.165, 1.54) is 4.90 Å². The van der Waals surface area contributed by atoms with Gasteiger partial charge >= 0.3 is 0 Å². The fourth-order valence-corrected chi connectivity index (χ4v) is 5.43. The van der Waals surface area contributed by atoms with Crippen LogP contribution in [0, 0.1) is 11.8 Å². The molecular weight excluding hydrogens is 430 g/mol. The number of fused-ring (bicyclic) bond motifs is 5. The summed E-state index contributed by atoms with van der Waals surface area (Å²) in [4.78, 5) is 42.6. The van der Waals surface area contributed by atoms with Gasteiger partial charge in [0.2, 0.25) is 11.8 Å². The van der Waals surface area contributed by atoms with Crippen LogP contribution in [0.3, 0.4) is 0 Å². The van der Waals surface area contributed by atoms with Gasteiger partial charge in [-0.1, -0.05) is 42.5 Å². The summed E-state index contributed by atoms with van der Waals surface area (Å²) in [5.74, 6) is -1.82. The van der Waals surface area contributed by atoms with E-state index >= 15 is 0 Å². The molecule has 2 fully saturated rings. The van der Waals surface area contributed by atoms with E-state index in [2.05, 4.69) is 5.10 Å². The molecule has 2 amide bonds. The number of hydrogen-bond acceptors (Lipinski definition) is 6. The van der Waals surface area contributed by atoms with Gasteiger partial charge in [-0.15, -0.1) is 0 Å². The summed E-state index contributed by atoms with van der Waals surface area (Å²) in [5.41, 5.74) is 2.74. The zero-order valence-electron chi connectivity index (χ0n) is 18.4. The zero-order valence-corrected chi connectivity index (χ0v) is 18.4. The lowest BCUT2D eigenvalue weighted by Gasteiger charge is -2.33. The fraction of sp³-hybridized carbons (Fsp3) is 0.185. The molecule has 0 unspecified atom stereocenters. The number of nitrogens with zero attached hydrogens (tertiary/aromatic N) is 3. The van der Waals surface area contributed by atoms with Crippen molar-refractivity contribution in [2.75, 3.05) is 12.0 Å². The Balaban J connectivity index is 1.48. The van der Waals surface area contributed by atoms with E-state index in [9.17, 15) is 14.4 Å². The Morgan fingerprint density at radius 1 is 0.853 bits per heavy atom. The van der Waals surface area contributed by atoms with Gasteiger partial charge in [0, 0.05) is 5.56 Å². The number of amides is 2. The van der Waals surface area contributed by atoms with Gasteiger partial charge in [0.25, 0.3) is 0 Å². The van der Waals surface area contributed by atoms with E-state index in [4.69, 9.17) is 4.74 Å². The number of ether oxygens (including phenoxy) is 1. The van der Waals surface area contributed by atoms with Crippen molar-refractivity contribution in [3.8, 4) is 5.75 Å². The first kappa shape index (κ1) is 20.4. The van der Waals surface area contributed by atoms with Crippen LogP contribution in [-0.4, -0.2) is 42.0 Å². The molecule has 0 spiro atoms. The molecule has 0 aliphatic carbocycles. The van der Waals surface area contributed by atoms with Crippen molar-refractivity contribution in [3.05, 3.63) is 95.6 Å². The van der Waals surface area contributed by atoms with E-state index < -0.39 is 23.9 Å². The molecule has 2 saturated heterocycles. The number of methoxy groups -OCH3 is 1. The predicted octanol–water partition coefficient (Wildman–Crippen LogP) is 3.46. The van der Waals surface area contributed by atoms with E-state index in [0.29, 0.717) is 17.0 Å². The smallest absolute Gasteiger partial charge is 0.240 e. The van der Waals surface area contributed by atoms with Crippen LogP contribution >= 0.6 is 0 Å². The highest BCUT2D eigenvalue weighted by atomic mass is 16.5. The Bertz CT molecular complexity index is 1340. The predicted molar refractivity (Wildman–Crippen MR) is 126 cm³/mol. The maximum atomic E-state index is 13.8. The first-order valence-corrected chi connectivity index (χ1v) is 11.1. The second-order valence-corrected chi connectivity index (χ2v) is 8.63. The quantitative estimate of drug-likeness (QED) is 0.448. The maximum Gasteiger partial charge on any atom is 0.240 e. The lowest BCUT2D eigenvalue weighted by atomic mass is 9.83. The maximum absolute atomic E-state index is 13.8. The third kappa shape index (κ3) is 2.83. The van der Waals surface area contributed by atoms with Gasteiger partial charge in [0.15, 0.2) is 5.78 Å². The number of anilines is 1. The van der Waals surface area contributed by atoms with Crippen molar-refractivity contribution in [1.82, 2.24) is 5.01 Å². The molecule has 3 aliphatic rings. The molecule has 168 valence electrons. The van der Waals surface area contributed by atoms with E-state index in [-0.39, 0.29) is 17.6 Å². The van der Waals surface area contributed by atoms with Crippen LogP contribution in [0.4, 0.5) is 5.69 Å². The Kier molecular flexibility index (Phi) is 4.58. The molecule has 0 saturated carbocycles. The van der Waals surface area contributed by atoms with Crippen LogP contribution in [-0.2, 0) is 9.59 Å². The van der Waals surface area contributed by atoms with Gasteiger partial charge in [-0.25, -0.2) is 4.90 Å². The summed E-state index contributed by atoms with van der Waals surface area (Å²) in [6.45, 7) is 0. The minimum Gasteiger partial charge on any atom is -0.497 e. The second kappa shape index (κ2) is 7.66. The first-order valence-electron chi connectivity index (χ1n) is 11.1. The molecule has 6 rings (SSSR count). The Morgan fingerprint density at radius 2 is 1.53 bits per heavy atom. The Morgan fingerprint density at radius 3 is 2.26 bits per heavy atom. The van der Waals surface area contributed by atoms with Crippen molar-refractivity contribution >= 4 is 29.5 Å². The minimum atomic E-state index is -0.891. The highest BCUT2D eigenvalue weighted by Gasteiger charge is 2.65. The van der Waals surface area contributed by atoms with Crippen molar-refractivity contribution < 1.29 is 19.1 Å². The first-order chi connectivity index (χ1) is 16.6. The number of hydrazone groups is 1. The number of benzene rings is 3. The number of imide groups is 1. The number of carbonyl (C=O) groups excluding carboxylic acids is 3. The number of para-hydroxylation sites is 1. The summed E-state index contributed by atoms with van der Waals surface area (Å²) < 4.78 is 5.21. The second-order valence-electron chi connectivity index (χ2n) is 8.63. The van der Waals surface area contributed by atoms with Crippen molar-refractivity contribution in [2.45, 2.75) is 12.1 Å². The number of rotatable bonds is 4. The number of ketones is 1. The summed E-state index contributed by atoms with van der Waals surface area (Å²) >= 11 is 0. The average Bonchev–Trinajstić information content (AvgIpc) is 3.36. The van der Waals surface area contributed by atoms with Gasteiger partial charge < -0.3 is 4.74 Å². The molecule has 3 aromatic carbocycles. The third-order valence-corrected chi connectivity index (χ3v) is 6.95. The summed E-state index contributed by atoms with van der Waals surface area (Å²) in [7, 11) is 1.56. The normalized spacial score (nSPS) is 24.6. The molecular formula is C27H21N3O4. The number of hydrogen-bond donors (Lipinski definition) is 0. The van der Waals surface area contributed by atoms with Gasteiger partial charge in [0.1, 0.15) is 11.8 Å². The molecule has 4 atom stereocenters. The monoisotopic (exact) mass is 451 g/mol. The molecule has 3 heterocycles. The van der Waals surface area contributed by atoms with Crippen LogP contribution in [0.5, 0.6) is 5.75 Å². The van der Waals surface area contributed by atoms with E-state index in [0.717, 1.165) is 11.1 Å². The zero-order chi connectivity index (χ0) is 23.4. The summed E-state index contributed by atoms with van der Waals surface area (Å²) in [6.07, 6.45) is 1.70. The lowest BCUT2D eigenvalue weighted by molar-refractivity contribution is -0.124. The van der Waals surface area contributed by atoms with Gasteiger partial charge in [-0.05, 0) is 47.5 Å². The molecule has 3 aliphatic heterocycles.